The van der Waals surface area contributed by atoms with Crippen LogP contribution < -0.4 is 19.3 Å². The number of amides is 1. The molecule has 6 heteroatoms. The van der Waals surface area contributed by atoms with Gasteiger partial charge in [-0.3, -0.25) is 4.79 Å². The number of benzene rings is 1. The summed E-state index contributed by atoms with van der Waals surface area (Å²) in [4.78, 5) is 16.8. The van der Waals surface area contributed by atoms with Crippen molar-refractivity contribution >= 4 is 5.91 Å². The Morgan fingerprint density at radius 3 is 2.20 bits per heavy atom. The van der Waals surface area contributed by atoms with Gasteiger partial charge >= 0.3 is 0 Å². The fraction of sp³-hybridized carbons (Fsp3) is 0.632. The first-order valence-electron chi connectivity index (χ1n) is 8.98. The van der Waals surface area contributed by atoms with E-state index in [1.807, 2.05) is 27.1 Å². The predicted molar refractivity (Wildman–Crippen MR) is 97.5 cm³/mol. The van der Waals surface area contributed by atoms with Gasteiger partial charge in [0.25, 0.3) is 5.91 Å². The first kappa shape index (κ1) is 19.5. The number of quaternary nitrogens is 2. The molecular weight excluding hydrogens is 318 g/mol. The zero-order valence-corrected chi connectivity index (χ0v) is 16.4. The number of nitrogens with one attached hydrogen (secondary N) is 2. The van der Waals surface area contributed by atoms with Gasteiger partial charge in [-0.1, -0.05) is 0 Å². The van der Waals surface area contributed by atoms with Gasteiger partial charge in [-0.2, -0.15) is 0 Å². The van der Waals surface area contributed by atoms with Crippen LogP contribution in [0.5, 0.6) is 11.5 Å². The van der Waals surface area contributed by atoms with E-state index in [0.29, 0.717) is 0 Å². The van der Waals surface area contributed by atoms with Gasteiger partial charge in [0.15, 0.2) is 17.5 Å². The molecule has 25 heavy (non-hydrogen) atoms. The van der Waals surface area contributed by atoms with Crippen LogP contribution in [0.25, 0.3) is 0 Å². The van der Waals surface area contributed by atoms with Crippen molar-refractivity contribution in [3.05, 3.63) is 23.3 Å². The largest absolute Gasteiger partial charge is 0.493 e. The Labute approximate surface area is 151 Å². The number of piperazine rings is 1. The average molecular weight is 351 g/mol. The summed E-state index contributed by atoms with van der Waals surface area (Å²) in [6, 6.07) is 4.19. The quantitative estimate of drug-likeness (QED) is 0.675. The lowest BCUT2D eigenvalue weighted by molar-refractivity contribution is -1.02. The Balaban J connectivity index is 1.97. The highest BCUT2D eigenvalue weighted by Crippen LogP contribution is 2.29. The highest BCUT2D eigenvalue weighted by molar-refractivity contribution is 5.79. The van der Waals surface area contributed by atoms with E-state index in [1.54, 1.807) is 24.0 Å². The Kier molecular flexibility index (Phi) is 6.67. The maximum Gasteiger partial charge on any atom is 0.280 e. The van der Waals surface area contributed by atoms with Gasteiger partial charge < -0.3 is 24.2 Å². The number of carbonyl (C=O) groups is 1. The monoisotopic (exact) mass is 351 g/mol. The van der Waals surface area contributed by atoms with E-state index in [-0.39, 0.29) is 11.9 Å². The van der Waals surface area contributed by atoms with Gasteiger partial charge in [-0.25, -0.2) is 0 Å². The van der Waals surface area contributed by atoms with Crippen molar-refractivity contribution in [2.75, 3.05) is 54.5 Å². The van der Waals surface area contributed by atoms with Crippen molar-refractivity contribution in [2.45, 2.75) is 26.4 Å². The first-order valence-corrected chi connectivity index (χ1v) is 8.98. The summed E-state index contributed by atoms with van der Waals surface area (Å²) < 4.78 is 10.8. The van der Waals surface area contributed by atoms with Crippen LogP contribution >= 0.6 is 0 Å². The zero-order chi connectivity index (χ0) is 18.6. The molecule has 0 aliphatic carbocycles. The number of rotatable bonds is 6. The number of aryl methyl sites for hydroxylation is 1. The third-order valence-corrected chi connectivity index (χ3v) is 5.31. The van der Waals surface area contributed by atoms with Crippen molar-refractivity contribution in [2.24, 2.45) is 0 Å². The molecule has 0 bridgehead atoms. The fourth-order valence-corrected chi connectivity index (χ4v) is 3.58. The second kappa shape index (κ2) is 8.54. The van der Waals surface area contributed by atoms with Crippen LogP contribution in [0.15, 0.2) is 12.1 Å². The van der Waals surface area contributed by atoms with Gasteiger partial charge in [0.05, 0.1) is 14.2 Å². The lowest BCUT2D eigenvalue weighted by atomic mass is 10.1. The average Bonchev–Trinajstić information content (AvgIpc) is 2.62. The van der Waals surface area contributed by atoms with E-state index >= 15 is 0 Å². The minimum atomic E-state index is 0.0411. The van der Waals surface area contributed by atoms with Gasteiger partial charge in [0.1, 0.15) is 32.7 Å². The van der Waals surface area contributed by atoms with Crippen molar-refractivity contribution in [1.82, 2.24) is 4.90 Å². The highest BCUT2D eigenvalue weighted by atomic mass is 16.5. The summed E-state index contributed by atoms with van der Waals surface area (Å²) in [5, 5.41) is 0. The lowest BCUT2D eigenvalue weighted by Crippen LogP contribution is -3.29. The molecule has 2 rings (SSSR count). The molecule has 1 atom stereocenters. The van der Waals surface area contributed by atoms with Crippen LogP contribution in [0.4, 0.5) is 0 Å². The Morgan fingerprint density at radius 2 is 1.68 bits per heavy atom. The Morgan fingerprint density at radius 1 is 1.12 bits per heavy atom. The van der Waals surface area contributed by atoms with Gasteiger partial charge in [0, 0.05) is 19.7 Å². The number of methoxy groups -OCH3 is 2. The van der Waals surface area contributed by atoms with Crippen molar-refractivity contribution in [1.29, 1.82) is 0 Å². The molecule has 1 aromatic carbocycles. The van der Waals surface area contributed by atoms with E-state index in [9.17, 15) is 4.79 Å². The van der Waals surface area contributed by atoms with Crippen LogP contribution in [-0.2, 0) is 11.3 Å². The van der Waals surface area contributed by atoms with Crippen LogP contribution in [0, 0.1) is 6.92 Å². The molecule has 0 saturated carbocycles. The second-order valence-electron chi connectivity index (χ2n) is 7.17. The topological polar surface area (TPSA) is 47.7 Å². The van der Waals surface area contributed by atoms with Crippen LogP contribution in [-0.4, -0.2) is 71.3 Å². The van der Waals surface area contributed by atoms with Gasteiger partial charge in [0.2, 0.25) is 0 Å². The van der Waals surface area contributed by atoms with E-state index in [1.165, 1.54) is 16.0 Å². The fourth-order valence-electron chi connectivity index (χ4n) is 3.58. The summed E-state index contributed by atoms with van der Waals surface area (Å²) in [7, 11) is 7.01. The SMILES string of the molecule is COc1cc(C)c(C[NH+]2CC[NH+]([C@@H](C)C(=O)N(C)C)CC2)cc1OC. The molecule has 1 saturated heterocycles. The lowest BCUT2D eigenvalue weighted by Gasteiger charge is -2.33. The number of ether oxygens (including phenoxy) is 2. The first-order chi connectivity index (χ1) is 11.9. The molecule has 1 heterocycles. The minimum Gasteiger partial charge on any atom is -0.493 e. The van der Waals surface area contributed by atoms with Crippen molar-refractivity contribution < 1.29 is 24.1 Å². The van der Waals surface area contributed by atoms with E-state index in [4.69, 9.17) is 9.47 Å². The van der Waals surface area contributed by atoms with E-state index in [0.717, 1.165) is 44.2 Å². The zero-order valence-electron chi connectivity index (χ0n) is 16.4. The number of hydrogen-bond acceptors (Lipinski definition) is 3. The number of nitrogens with zero attached hydrogens (tertiary/aromatic N) is 1. The highest BCUT2D eigenvalue weighted by Gasteiger charge is 2.32. The molecule has 1 aliphatic rings. The van der Waals surface area contributed by atoms with Crippen molar-refractivity contribution in [3.8, 4) is 11.5 Å². The van der Waals surface area contributed by atoms with E-state index in [2.05, 4.69) is 13.0 Å². The maximum absolute atomic E-state index is 12.2. The third kappa shape index (κ3) is 4.64. The van der Waals surface area contributed by atoms with Crippen molar-refractivity contribution in [3.63, 3.8) is 0 Å². The summed E-state index contributed by atoms with van der Waals surface area (Å²) in [5.41, 5.74) is 2.53. The molecule has 0 radical (unpaired) electrons. The predicted octanol–water partition coefficient (Wildman–Crippen LogP) is -1.23. The van der Waals surface area contributed by atoms with Gasteiger partial charge in [-0.05, 0) is 31.5 Å². The summed E-state index contributed by atoms with van der Waals surface area (Å²) in [6.45, 7) is 9.36. The van der Waals surface area contributed by atoms with E-state index < -0.39 is 0 Å². The molecule has 2 N–H and O–H groups in total. The summed E-state index contributed by atoms with van der Waals surface area (Å²) in [6.07, 6.45) is 0. The molecule has 1 aromatic rings. The number of carbonyl (C=O) groups excluding carboxylic acids is 1. The molecule has 1 aliphatic heterocycles. The molecule has 0 spiro atoms. The summed E-state index contributed by atoms with van der Waals surface area (Å²) in [5.74, 6) is 1.79. The van der Waals surface area contributed by atoms with Crippen LogP contribution in [0.1, 0.15) is 18.1 Å². The molecule has 0 unspecified atom stereocenters. The molecule has 0 aromatic heterocycles. The normalized spacial score (nSPS) is 21.5. The molecular formula is C19H33N3O3+2. The summed E-state index contributed by atoms with van der Waals surface area (Å²) >= 11 is 0. The number of hydrogen-bond donors (Lipinski definition) is 2. The minimum absolute atomic E-state index is 0.0411. The second-order valence-corrected chi connectivity index (χ2v) is 7.17. The van der Waals surface area contributed by atoms with Crippen LogP contribution in [0.3, 0.4) is 0 Å². The molecule has 1 amide bonds. The molecule has 6 nitrogen and oxygen atoms in total. The Bertz CT molecular complexity index is 596. The van der Waals surface area contributed by atoms with Crippen LogP contribution in [0.2, 0.25) is 0 Å². The smallest absolute Gasteiger partial charge is 0.280 e. The Hall–Kier alpha value is -1.79. The van der Waals surface area contributed by atoms with Gasteiger partial charge in [-0.15, -0.1) is 0 Å². The molecule has 1 fully saturated rings. The third-order valence-electron chi connectivity index (χ3n) is 5.31. The standard InChI is InChI=1S/C19H31N3O3/c1-14-11-17(24-5)18(25-6)12-16(14)13-21-7-9-22(10-8-21)15(2)19(23)20(3)4/h11-12,15H,7-10,13H2,1-6H3/p+2/t15-/m0/s1. The molecule has 140 valence electrons. The maximum atomic E-state index is 12.2. The number of likely N-dealkylation sites (N-methyl/N-ethyl adjacent to an activating group) is 1.